The van der Waals surface area contributed by atoms with Gasteiger partial charge in [0.05, 0.1) is 24.8 Å². The fraction of sp³-hybridized carbons (Fsp3) is 0.500. The van der Waals surface area contributed by atoms with Crippen molar-refractivity contribution in [3.63, 3.8) is 0 Å². The van der Waals surface area contributed by atoms with E-state index in [1.54, 1.807) is 17.0 Å². The van der Waals surface area contributed by atoms with Crippen LogP contribution in [0.1, 0.15) is 38.0 Å². The largest absolute Gasteiger partial charge is 0.444 e. The van der Waals surface area contributed by atoms with Crippen molar-refractivity contribution in [2.24, 2.45) is 0 Å². The lowest BCUT2D eigenvalue weighted by atomic mass is 10.1. The van der Waals surface area contributed by atoms with Crippen LogP contribution in [0, 0.1) is 11.3 Å². The zero-order valence-electron chi connectivity index (χ0n) is 12.6. The summed E-state index contributed by atoms with van der Waals surface area (Å²) in [5, 5.41) is 8.81. The predicted molar refractivity (Wildman–Crippen MR) is 77.7 cm³/mol. The van der Waals surface area contributed by atoms with E-state index in [4.69, 9.17) is 14.7 Å². The van der Waals surface area contributed by atoms with E-state index in [0.717, 1.165) is 5.56 Å². The average molecular weight is 288 g/mol. The molecule has 112 valence electrons. The number of amides is 1. The van der Waals surface area contributed by atoms with E-state index < -0.39 is 5.60 Å². The second kappa shape index (κ2) is 6.15. The maximum atomic E-state index is 12.1. The Bertz CT molecular complexity index is 540. The lowest BCUT2D eigenvalue weighted by molar-refractivity contribution is -0.0432. The molecule has 0 N–H and O–H groups in total. The topological polar surface area (TPSA) is 62.6 Å². The van der Waals surface area contributed by atoms with Gasteiger partial charge in [0.25, 0.3) is 0 Å². The Morgan fingerprint density at radius 3 is 2.62 bits per heavy atom. The summed E-state index contributed by atoms with van der Waals surface area (Å²) in [7, 11) is 0. The number of nitriles is 1. The zero-order chi connectivity index (χ0) is 15.5. The molecule has 0 unspecified atom stereocenters. The maximum absolute atomic E-state index is 12.1. The summed E-state index contributed by atoms with van der Waals surface area (Å²) >= 11 is 0. The molecule has 1 aliphatic heterocycles. The van der Waals surface area contributed by atoms with E-state index in [9.17, 15) is 4.79 Å². The third-order valence-electron chi connectivity index (χ3n) is 3.13. The summed E-state index contributed by atoms with van der Waals surface area (Å²) < 4.78 is 11.1. The van der Waals surface area contributed by atoms with Crippen LogP contribution in [0.15, 0.2) is 24.3 Å². The number of rotatable bonds is 1. The third-order valence-corrected chi connectivity index (χ3v) is 3.13. The second-order valence-electron chi connectivity index (χ2n) is 6.02. The minimum absolute atomic E-state index is 0.181. The summed E-state index contributed by atoms with van der Waals surface area (Å²) in [5.41, 5.74) is 1.07. The quantitative estimate of drug-likeness (QED) is 0.797. The molecule has 1 aromatic carbocycles. The number of hydrogen-bond donors (Lipinski definition) is 0. The monoisotopic (exact) mass is 288 g/mol. The van der Waals surface area contributed by atoms with E-state index in [0.29, 0.717) is 25.3 Å². The number of carbonyl (C=O) groups excluding carboxylic acids is 1. The molecule has 0 aromatic heterocycles. The fourth-order valence-corrected chi connectivity index (χ4v) is 2.12. The molecule has 0 spiro atoms. The first-order valence-electron chi connectivity index (χ1n) is 6.98. The number of hydrogen-bond acceptors (Lipinski definition) is 4. The highest BCUT2D eigenvalue weighted by molar-refractivity contribution is 5.68. The molecule has 1 aliphatic rings. The summed E-state index contributed by atoms with van der Waals surface area (Å²) in [4.78, 5) is 13.8. The number of carbonyl (C=O) groups is 1. The van der Waals surface area contributed by atoms with Crippen molar-refractivity contribution in [3.8, 4) is 6.07 Å². The molecule has 1 aromatic rings. The van der Waals surface area contributed by atoms with Crippen LogP contribution in [0.4, 0.5) is 4.79 Å². The molecule has 0 aliphatic carbocycles. The average Bonchev–Trinajstić information content (AvgIpc) is 2.46. The van der Waals surface area contributed by atoms with Crippen molar-refractivity contribution >= 4 is 6.09 Å². The maximum Gasteiger partial charge on any atom is 0.410 e. The molecule has 5 heteroatoms. The molecule has 1 amide bonds. The third kappa shape index (κ3) is 4.20. The number of nitrogens with zero attached hydrogens (tertiary/aromatic N) is 2. The number of morpholine rings is 1. The highest BCUT2D eigenvalue weighted by Gasteiger charge is 2.28. The smallest absolute Gasteiger partial charge is 0.410 e. The molecule has 0 radical (unpaired) electrons. The lowest BCUT2D eigenvalue weighted by Crippen LogP contribution is -2.44. The normalized spacial score (nSPS) is 19.0. The highest BCUT2D eigenvalue weighted by Crippen LogP contribution is 2.23. The Morgan fingerprint density at radius 1 is 1.38 bits per heavy atom. The first-order chi connectivity index (χ1) is 9.89. The van der Waals surface area contributed by atoms with Gasteiger partial charge in [-0.2, -0.15) is 5.26 Å². The van der Waals surface area contributed by atoms with Crippen molar-refractivity contribution in [1.29, 1.82) is 5.26 Å². The van der Waals surface area contributed by atoms with Gasteiger partial charge in [-0.3, -0.25) is 0 Å². The van der Waals surface area contributed by atoms with Gasteiger partial charge >= 0.3 is 6.09 Å². The number of ether oxygens (including phenoxy) is 2. The molecule has 0 bridgehead atoms. The van der Waals surface area contributed by atoms with Gasteiger partial charge in [-0.1, -0.05) is 12.1 Å². The van der Waals surface area contributed by atoms with Gasteiger partial charge in [-0.05, 0) is 38.5 Å². The Hall–Kier alpha value is -2.06. The second-order valence-corrected chi connectivity index (χ2v) is 6.02. The van der Waals surface area contributed by atoms with Crippen LogP contribution in [0.25, 0.3) is 0 Å². The zero-order valence-corrected chi connectivity index (χ0v) is 12.6. The van der Waals surface area contributed by atoms with Crippen LogP contribution in [0.5, 0.6) is 0 Å². The first kappa shape index (κ1) is 15.3. The summed E-state index contributed by atoms with van der Waals surface area (Å²) in [6, 6.07) is 9.32. The highest BCUT2D eigenvalue weighted by atomic mass is 16.6. The van der Waals surface area contributed by atoms with Crippen molar-refractivity contribution in [2.75, 3.05) is 19.7 Å². The van der Waals surface area contributed by atoms with Crippen LogP contribution in [-0.2, 0) is 9.47 Å². The van der Waals surface area contributed by atoms with Crippen LogP contribution in [-0.4, -0.2) is 36.3 Å². The molecular weight excluding hydrogens is 268 g/mol. The molecule has 5 nitrogen and oxygen atoms in total. The van der Waals surface area contributed by atoms with E-state index in [-0.39, 0.29) is 12.2 Å². The van der Waals surface area contributed by atoms with Crippen LogP contribution < -0.4 is 0 Å². The van der Waals surface area contributed by atoms with Gasteiger partial charge < -0.3 is 14.4 Å². The molecule has 1 saturated heterocycles. The van der Waals surface area contributed by atoms with Gasteiger partial charge in [-0.15, -0.1) is 0 Å². The Balaban J connectivity index is 2.03. The SMILES string of the molecule is CC(C)(C)OC(=O)N1CCO[C@@H](c2ccc(C#N)cc2)C1. The van der Waals surface area contributed by atoms with Crippen LogP contribution in [0.3, 0.4) is 0 Å². The van der Waals surface area contributed by atoms with Crippen LogP contribution in [0.2, 0.25) is 0 Å². The molecule has 1 fully saturated rings. The summed E-state index contributed by atoms with van der Waals surface area (Å²) in [5.74, 6) is 0. The molecular formula is C16H20N2O3. The van der Waals surface area contributed by atoms with Gasteiger partial charge in [0, 0.05) is 6.54 Å². The van der Waals surface area contributed by atoms with E-state index in [1.807, 2.05) is 32.9 Å². The van der Waals surface area contributed by atoms with Crippen molar-refractivity contribution in [2.45, 2.75) is 32.5 Å². The Kier molecular flexibility index (Phi) is 4.49. The predicted octanol–water partition coefficient (Wildman–Crippen LogP) is 2.87. The van der Waals surface area contributed by atoms with Crippen molar-refractivity contribution in [3.05, 3.63) is 35.4 Å². The Morgan fingerprint density at radius 2 is 2.05 bits per heavy atom. The summed E-state index contributed by atoms with van der Waals surface area (Å²) in [6.07, 6.45) is -0.497. The molecule has 21 heavy (non-hydrogen) atoms. The van der Waals surface area contributed by atoms with Gasteiger partial charge in [0.1, 0.15) is 11.7 Å². The number of benzene rings is 1. The van der Waals surface area contributed by atoms with Gasteiger partial charge in [0.15, 0.2) is 0 Å². The molecule has 1 heterocycles. The van der Waals surface area contributed by atoms with E-state index in [1.165, 1.54) is 0 Å². The first-order valence-corrected chi connectivity index (χ1v) is 6.98. The Labute approximate surface area is 125 Å². The minimum Gasteiger partial charge on any atom is -0.444 e. The fourth-order valence-electron chi connectivity index (χ4n) is 2.12. The molecule has 2 rings (SSSR count). The van der Waals surface area contributed by atoms with Crippen LogP contribution >= 0.6 is 0 Å². The standard InChI is InChI=1S/C16H20N2O3/c1-16(2,3)21-15(19)18-8-9-20-14(11-18)13-6-4-12(10-17)5-7-13/h4-7,14H,8-9,11H2,1-3H3/t14-/m1/s1. The van der Waals surface area contributed by atoms with Crippen molar-refractivity contribution < 1.29 is 14.3 Å². The van der Waals surface area contributed by atoms with E-state index in [2.05, 4.69) is 6.07 Å². The van der Waals surface area contributed by atoms with E-state index >= 15 is 0 Å². The molecule has 1 atom stereocenters. The minimum atomic E-state index is -0.501. The lowest BCUT2D eigenvalue weighted by Gasteiger charge is -2.34. The van der Waals surface area contributed by atoms with Gasteiger partial charge in [0.2, 0.25) is 0 Å². The molecule has 0 saturated carbocycles. The van der Waals surface area contributed by atoms with Crippen molar-refractivity contribution in [1.82, 2.24) is 4.90 Å². The van der Waals surface area contributed by atoms with Gasteiger partial charge in [-0.25, -0.2) is 4.79 Å². The summed E-state index contributed by atoms with van der Waals surface area (Å²) in [6.45, 7) is 7.02.